The van der Waals surface area contributed by atoms with Crippen molar-refractivity contribution >= 4 is 28.5 Å². The third-order valence-electron chi connectivity index (χ3n) is 5.72. The minimum Gasteiger partial charge on any atom is -0.349 e. The topological polar surface area (TPSA) is 80.1 Å². The molecule has 35 heavy (non-hydrogen) atoms. The van der Waals surface area contributed by atoms with Crippen LogP contribution < -0.4 is 10.2 Å². The molecule has 7 heteroatoms. The van der Waals surface area contributed by atoms with Crippen LogP contribution in [-0.2, 0) is 22.6 Å². The summed E-state index contributed by atoms with van der Waals surface area (Å²) >= 11 is 0. The first-order valence-electron chi connectivity index (χ1n) is 11.8. The molecule has 0 aliphatic rings. The lowest BCUT2D eigenvalue weighted by atomic mass is 9.99. The molecule has 0 saturated carbocycles. The summed E-state index contributed by atoms with van der Waals surface area (Å²) in [6.07, 6.45) is 0.889. The lowest BCUT2D eigenvalue weighted by molar-refractivity contribution is -0.128. The van der Waals surface area contributed by atoms with E-state index in [1.165, 1.54) is 0 Å². The number of rotatable bonds is 7. The molecule has 2 amide bonds. The summed E-state index contributed by atoms with van der Waals surface area (Å²) < 4.78 is 1.58. The van der Waals surface area contributed by atoms with Crippen LogP contribution in [0.25, 0.3) is 11.0 Å². The van der Waals surface area contributed by atoms with E-state index in [2.05, 4.69) is 22.6 Å². The summed E-state index contributed by atoms with van der Waals surface area (Å²) in [5.41, 5.74) is 3.54. The number of aromatic nitrogens is 3. The first-order chi connectivity index (χ1) is 16.8. The van der Waals surface area contributed by atoms with E-state index in [1.54, 1.807) is 9.58 Å². The van der Waals surface area contributed by atoms with E-state index in [-0.39, 0.29) is 18.4 Å². The lowest BCUT2D eigenvalue weighted by Crippen LogP contribution is -2.50. The van der Waals surface area contributed by atoms with E-state index >= 15 is 0 Å². The Bertz CT molecular complexity index is 1310. The molecule has 0 radical (unpaired) electrons. The normalized spacial score (nSPS) is 12.3. The van der Waals surface area contributed by atoms with Crippen LogP contribution in [0, 0.1) is 0 Å². The standard InChI is InChI=1S/C28H31N5O2/c1-5-20-15-17-21(18-16-20)26(27(35)29-28(2,3)4)33(22-11-7-6-8-12-22)25(34)19-32-24-14-10-9-13-23(24)30-31-32/h6-18,26H,5,19H2,1-4H3,(H,29,35)/t26-/m1/s1. The second kappa shape index (κ2) is 10.1. The number of carbonyl (C=O) groups excluding carboxylic acids is 2. The first kappa shape index (κ1) is 24.1. The summed E-state index contributed by atoms with van der Waals surface area (Å²) in [7, 11) is 0. The summed E-state index contributed by atoms with van der Waals surface area (Å²) in [6.45, 7) is 7.82. The molecule has 0 spiro atoms. The van der Waals surface area contributed by atoms with Crippen molar-refractivity contribution in [3.63, 3.8) is 0 Å². The number of amides is 2. The number of nitrogens with zero attached hydrogens (tertiary/aromatic N) is 4. The number of benzene rings is 3. The zero-order valence-corrected chi connectivity index (χ0v) is 20.6. The molecule has 0 aliphatic heterocycles. The van der Waals surface area contributed by atoms with Crippen LogP contribution in [0.1, 0.15) is 44.9 Å². The van der Waals surface area contributed by atoms with Crippen LogP contribution in [-0.4, -0.2) is 32.3 Å². The molecule has 1 heterocycles. The molecule has 0 saturated heterocycles. The van der Waals surface area contributed by atoms with Gasteiger partial charge in [0.15, 0.2) is 0 Å². The van der Waals surface area contributed by atoms with E-state index in [4.69, 9.17) is 0 Å². The Labute approximate surface area is 205 Å². The van der Waals surface area contributed by atoms with Gasteiger partial charge < -0.3 is 5.32 Å². The monoisotopic (exact) mass is 469 g/mol. The number of hydrogen-bond donors (Lipinski definition) is 1. The number of anilines is 1. The van der Waals surface area contributed by atoms with Gasteiger partial charge in [-0.15, -0.1) is 5.10 Å². The van der Waals surface area contributed by atoms with Gasteiger partial charge in [-0.1, -0.05) is 66.7 Å². The van der Waals surface area contributed by atoms with Crippen LogP contribution in [0.15, 0.2) is 78.9 Å². The average Bonchev–Trinajstić information content (AvgIpc) is 3.24. The molecule has 1 aromatic heterocycles. The molecule has 4 rings (SSSR count). The van der Waals surface area contributed by atoms with Crippen molar-refractivity contribution in [3.8, 4) is 0 Å². The highest BCUT2D eigenvalue weighted by Gasteiger charge is 2.34. The molecule has 180 valence electrons. The smallest absolute Gasteiger partial charge is 0.249 e. The second-order valence-electron chi connectivity index (χ2n) is 9.57. The van der Waals surface area contributed by atoms with E-state index < -0.39 is 11.6 Å². The van der Waals surface area contributed by atoms with E-state index in [0.717, 1.165) is 23.1 Å². The van der Waals surface area contributed by atoms with Crippen molar-refractivity contribution in [1.82, 2.24) is 20.3 Å². The zero-order chi connectivity index (χ0) is 25.0. The minimum atomic E-state index is -0.857. The van der Waals surface area contributed by atoms with E-state index in [1.807, 2.05) is 99.6 Å². The molecule has 4 aromatic rings. The van der Waals surface area contributed by atoms with Crippen molar-refractivity contribution < 1.29 is 9.59 Å². The predicted octanol–water partition coefficient (Wildman–Crippen LogP) is 4.68. The van der Waals surface area contributed by atoms with Crippen molar-refractivity contribution in [2.75, 3.05) is 4.90 Å². The summed E-state index contributed by atoms with van der Waals surface area (Å²) in [5, 5.41) is 11.4. The Morgan fingerprint density at radius 2 is 1.60 bits per heavy atom. The quantitative estimate of drug-likeness (QED) is 0.426. The van der Waals surface area contributed by atoms with Gasteiger partial charge in [0, 0.05) is 11.2 Å². The highest BCUT2D eigenvalue weighted by molar-refractivity contribution is 6.01. The molecular weight excluding hydrogens is 438 g/mol. The fourth-order valence-electron chi connectivity index (χ4n) is 4.06. The third kappa shape index (κ3) is 5.57. The maximum Gasteiger partial charge on any atom is 0.249 e. The van der Waals surface area contributed by atoms with Crippen molar-refractivity contribution in [1.29, 1.82) is 0 Å². The van der Waals surface area contributed by atoms with E-state index in [9.17, 15) is 9.59 Å². The molecule has 3 aromatic carbocycles. The minimum absolute atomic E-state index is 0.0538. The number of nitrogens with one attached hydrogen (secondary N) is 1. The largest absolute Gasteiger partial charge is 0.349 e. The number of fused-ring (bicyclic) bond motifs is 1. The molecule has 1 N–H and O–H groups in total. The van der Waals surface area contributed by atoms with Crippen molar-refractivity contribution in [2.24, 2.45) is 0 Å². The van der Waals surface area contributed by atoms with Gasteiger partial charge in [-0.2, -0.15) is 0 Å². The molecule has 0 fully saturated rings. The van der Waals surface area contributed by atoms with Gasteiger partial charge in [0.2, 0.25) is 11.8 Å². The Morgan fingerprint density at radius 1 is 0.943 bits per heavy atom. The maximum atomic E-state index is 13.9. The van der Waals surface area contributed by atoms with Gasteiger partial charge in [0.05, 0.1) is 5.52 Å². The molecule has 0 unspecified atom stereocenters. The van der Waals surface area contributed by atoms with Gasteiger partial charge in [-0.25, -0.2) is 4.68 Å². The average molecular weight is 470 g/mol. The summed E-state index contributed by atoms with van der Waals surface area (Å²) in [6, 6.07) is 23.8. The Balaban J connectivity index is 1.79. The van der Waals surface area contributed by atoms with Crippen LogP contribution in [0.2, 0.25) is 0 Å². The van der Waals surface area contributed by atoms with Gasteiger partial charge in [0.1, 0.15) is 18.1 Å². The Hall–Kier alpha value is -4.00. The van der Waals surface area contributed by atoms with Gasteiger partial charge >= 0.3 is 0 Å². The predicted molar refractivity (Wildman–Crippen MR) is 138 cm³/mol. The summed E-state index contributed by atoms with van der Waals surface area (Å²) in [5.74, 6) is -0.511. The fraction of sp³-hybridized carbons (Fsp3) is 0.286. The van der Waals surface area contributed by atoms with Gasteiger partial charge in [-0.3, -0.25) is 14.5 Å². The van der Waals surface area contributed by atoms with Crippen molar-refractivity contribution in [3.05, 3.63) is 90.0 Å². The van der Waals surface area contributed by atoms with Gasteiger partial charge in [0.25, 0.3) is 0 Å². The number of aryl methyl sites for hydroxylation is 1. The second-order valence-corrected chi connectivity index (χ2v) is 9.57. The number of carbonyl (C=O) groups is 2. The third-order valence-corrected chi connectivity index (χ3v) is 5.72. The highest BCUT2D eigenvalue weighted by atomic mass is 16.2. The fourth-order valence-corrected chi connectivity index (χ4v) is 4.06. The van der Waals surface area contributed by atoms with Crippen LogP contribution in [0.3, 0.4) is 0 Å². The Kier molecular flexibility index (Phi) is 6.96. The zero-order valence-electron chi connectivity index (χ0n) is 20.6. The van der Waals surface area contributed by atoms with Crippen LogP contribution in [0.5, 0.6) is 0 Å². The van der Waals surface area contributed by atoms with Gasteiger partial charge in [-0.05, 0) is 62.6 Å². The highest BCUT2D eigenvalue weighted by Crippen LogP contribution is 2.29. The molecule has 0 aliphatic carbocycles. The van der Waals surface area contributed by atoms with E-state index in [0.29, 0.717) is 11.2 Å². The lowest BCUT2D eigenvalue weighted by Gasteiger charge is -2.34. The molecule has 1 atom stereocenters. The molecule has 0 bridgehead atoms. The van der Waals surface area contributed by atoms with Crippen LogP contribution in [0.4, 0.5) is 5.69 Å². The maximum absolute atomic E-state index is 13.9. The Morgan fingerprint density at radius 3 is 2.26 bits per heavy atom. The van der Waals surface area contributed by atoms with Crippen LogP contribution >= 0.6 is 0 Å². The first-order valence-corrected chi connectivity index (χ1v) is 11.8. The molecular formula is C28H31N5O2. The number of hydrogen-bond acceptors (Lipinski definition) is 4. The molecule has 7 nitrogen and oxygen atoms in total. The SMILES string of the molecule is CCc1ccc([C@H](C(=O)NC(C)(C)C)N(C(=O)Cn2nnc3ccccc32)c2ccccc2)cc1. The summed E-state index contributed by atoms with van der Waals surface area (Å²) in [4.78, 5) is 29.2. The van der Waals surface area contributed by atoms with Crippen molar-refractivity contribution in [2.45, 2.75) is 52.2 Å². The number of para-hydroxylation sites is 2.